The Morgan fingerprint density at radius 3 is 2.00 bits per heavy atom. The lowest BCUT2D eigenvalue weighted by Gasteiger charge is -2.04. The molecular weight excluding hydrogens is 149 g/mol. The lowest BCUT2D eigenvalue weighted by atomic mass is 10.3. The number of carbonyl (C=O) groups excluding carboxylic acids is 1. The van der Waals surface area contributed by atoms with Gasteiger partial charge in [0, 0.05) is 0 Å². The highest BCUT2D eigenvalue weighted by Gasteiger charge is 2.16. The zero-order valence-electron chi connectivity index (χ0n) is 4.40. The molecule has 0 aromatic carbocycles. The number of nitrogens with two attached hydrogens (primary N) is 1. The molecule has 48 valence electrons. The molecule has 2 nitrogen and oxygen atoms in total. The van der Waals surface area contributed by atoms with Crippen molar-refractivity contribution in [3.8, 4) is 0 Å². The maximum absolute atomic E-state index is 10.1. The summed E-state index contributed by atoms with van der Waals surface area (Å²) in [4.78, 5) is 10.1. The van der Waals surface area contributed by atoms with Gasteiger partial charge in [-0.05, 0) is 6.92 Å². The number of amides is 1. The number of hydrogen-bond donors (Lipinski definition) is 1. The Morgan fingerprint density at radius 2 is 2.00 bits per heavy atom. The van der Waals surface area contributed by atoms with Crippen LogP contribution < -0.4 is 5.73 Å². The molecule has 2 atom stereocenters. The molecule has 0 fully saturated rings. The first-order chi connectivity index (χ1) is 3.55. The third kappa shape index (κ3) is 2.38. The summed E-state index contributed by atoms with van der Waals surface area (Å²) in [5.74, 6) is -0.575. The SMILES string of the molecule is C[C@@H](Cl)[C@@H](Cl)C(N)=O. The fourth-order valence-electron chi connectivity index (χ4n) is 0.226. The molecule has 0 unspecified atom stereocenters. The number of halogens is 2. The molecule has 0 aromatic heterocycles. The third-order valence-corrected chi connectivity index (χ3v) is 1.65. The van der Waals surface area contributed by atoms with Crippen LogP contribution in [0.3, 0.4) is 0 Å². The summed E-state index contributed by atoms with van der Waals surface area (Å²) in [7, 11) is 0. The quantitative estimate of drug-likeness (QED) is 0.587. The maximum Gasteiger partial charge on any atom is 0.236 e. The number of hydrogen-bond acceptors (Lipinski definition) is 1. The number of carbonyl (C=O) groups is 1. The van der Waals surface area contributed by atoms with Crippen molar-refractivity contribution in [2.45, 2.75) is 17.7 Å². The van der Waals surface area contributed by atoms with E-state index in [1.807, 2.05) is 0 Å². The van der Waals surface area contributed by atoms with Crippen LogP contribution in [-0.4, -0.2) is 16.7 Å². The van der Waals surface area contributed by atoms with E-state index in [2.05, 4.69) is 0 Å². The van der Waals surface area contributed by atoms with Gasteiger partial charge in [-0.1, -0.05) is 0 Å². The summed E-state index contributed by atoms with van der Waals surface area (Å²) < 4.78 is 0. The lowest BCUT2D eigenvalue weighted by molar-refractivity contribution is -0.117. The van der Waals surface area contributed by atoms with Crippen molar-refractivity contribution >= 4 is 29.1 Å². The zero-order chi connectivity index (χ0) is 6.73. The molecule has 0 heterocycles. The molecule has 0 saturated heterocycles. The molecule has 0 bridgehead atoms. The molecule has 0 aliphatic carbocycles. The number of primary amides is 1. The second-order valence-electron chi connectivity index (χ2n) is 1.48. The van der Waals surface area contributed by atoms with Gasteiger partial charge in [-0.25, -0.2) is 0 Å². The molecule has 4 heteroatoms. The Morgan fingerprint density at radius 1 is 1.62 bits per heavy atom. The van der Waals surface area contributed by atoms with Crippen LogP contribution in [0, 0.1) is 0 Å². The van der Waals surface area contributed by atoms with Crippen molar-refractivity contribution in [3.63, 3.8) is 0 Å². The van der Waals surface area contributed by atoms with Gasteiger partial charge >= 0.3 is 0 Å². The van der Waals surface area contributed by atoms with E-state index in [9.17, 15) is 4.79 Å². The van der Waals surface area contributed by atoms with Crippen molar-refractivity contribution in [1.82, 2.24) is 0 Å². The average Bonchev–Trinajstić information content (AvgIpc) is 1.64. The molecular formula is C4H7Cl2NO. The molecule has 0 spiro atoms. The smallest absolute Gasteiger partial charge is 0.236 e. The Labute approximate surface area is 57.9 Å². The Bertz CT molecular complexity index is 94.0. The predicted octanol–water partition coefficient (Wildman–Crippen LogP) is 0.706. The van der Waals surface area contributed by atoms with Crippen molar-refractivity contribution in [2.75, 3.05) is 0 Å². The van der Waals surface area contributed by atoms with E-state index in [0.717, 1.165) is 0 Å². The normalized spacial score (nSPS) is 17.4. The zero-order valence-corrected chi connectivity index (χ0v) is 5.91. The molecule has 1 amide bonds. The topological polar surface area (TPSA) is 43.1 Å². The van der Waals surface area contributed by atoms with Gasteiger partial charge in [0.25, 0.3) is 0 Å². The van der Waals surface area contributed by atoms with Gasteiger partial charge in [0.2, 0.25) is 5.91 Å². The van der Waals surface area contributed by atoms with Gasteiger partial charge in [-0.15, -0.1) is 23.2 Å². The van der Waals surface area contributed by atoms with Crippen LogP contribution >= 0.6 is 23.2 Å². The summed E-state index contributed by atoms with van der Waals surface area (Å²) in [6, 6.07) is 0. The average molecular weight is 156 g/mol. The van der Waals surface area contributed by atoms with Gasteiger partial charge in [0.15, 0.2) is 0 Å². The first-order valence-corrected chi connectivity index (χ1v) is 3.00. The van der Waals surface area contributed by atoms with Crippen molar-refractivity contribution < 1.29 is 4.79 Å². The molecule has 0 saturated carbocycles. The molecule has 0 aliphatic heterocycles. The Balaban J connectivity index is 3.64. The first-order valence-electron chi connectivity index (χ1n) is 2.13. The van der Waals surface area contributed by atoms with Gasteiger partial charge in [-0.3, -0.25) is 4.79 Å². The lowest BCUT2D eigenvalue weighted by Crippen LogP contribution is -2.29. The van der Waals surface area contributed by atoms with Crippen LogP contribution in [0.25, 0.3) is 0 Å². The number of alkyl halides is 2. The molecule has 0 rings (SSSR count). The van der Waals surface area contributed by atoms with Crippen molar-refractivity contribution in [1.29, 1.82) is 0 Å². The molecule has 2 N–H and O–H groups in total. The van der Waals surface area contributed by atoms with Crippen LogP contribution in [-0.2, 0) is 4.79 Å². The minimum Gasteiger partial charge on any atom is -0.368 e. The van der Waals surface area contributed by atoms with Gasteiger partial charge in [-0.2, -0.15) is 0 Å². The highest BCUT2D eigenvalue weighted by atomic mass is 35.5. The second kappa shape index (κ2) is 3.15. The third-order valence-electron chi connectivity index (χ3n) is 0.675. The molecule has 0 aliphatic rings. The monoisotopic (exact) mass is 155 g/mol. The molecule has 8 heavy (non-hydrogen) atoms. The van der Waals surface area contributed by atoms with E-state index in [1.165, 1.54) is 0 Å². The highest BCUT2D eigenvalue weighted by Crippen LogP contribution is 2.07. The summed E-state index contributed by atoms with van der Waals surface area (Å²) >= 11 is 10.7. The van der Waals surface area contributed by atoms with E-state index in [-0.39, 0.29) is 0 Å². The van der Waals surface area contributed by atoms with Gasteiger partial charge < -0.3 is 5.73 Å². The van der Waals surface area contributed by atoms with Gasteiger partial charge in [0.1, 0.15) is 5.38 Å². The van der Waals surface area contributed by atoms with Crippen LogP contribution in [0.5, 0.6) is 0 Å². The van der Waals surface area contributed by atoms with Crippen LogP contribution in [0.4, 0.5) is 0 Å². The largest absolute Gasteiger partial charge is 0.368 e. The Hall–Kier alpha value is 0.0500. The Kier molecular flexibility index (Phi) is 3.17. The molecule has 0 aromatic rings. The van der Waals surface area contributed by atoms with E-state index in [1.54, 1.807) is 6.92 Å². The summed E-state index contributed by atoms with van der Waals surface area (Å²) in [5.41, 5.74) is 4.78. The maximum atomic E-state index is 10.1. The fraction of sp³-hybridized carbons (Fsp3) is 0.750. The van der Waals surface area contributed by atoms with Crippen LogP contribution in [0.1, 0.15) is 6.92 Å². The van der Waals surface area contributed by atoms with E-state index < -0.39 is 16.7 Å². The van der Waals surface area contributed by atoms with Crippen molar-refractivity contribution in [3.05, 3.63) is 0 Å². The van der Waals surface area contributed by atoms with Gasteiger partial charge in [0.05, 0.1) is 5.38 Å². The van der Waals surface area contributed by atoms with Crippen molar-refractivity contribution in [2.24, 2.45) is 5.73 Å². The van der Waals surface area contributed by atoms with E-state index in [0.29, 0.717) is 0 Å². The van der Waals surface area contributed by atoms with E-state index >= 15 is 0 Å². The predicted molar refractivity (Wildman–Crippen MR) is 34.2 cm³/mol. The highest BCUT2D eigenvalue weighted by molar-refractivity contribution is 6.37. The summed E-state index contributed by atoms with van der Waals surface area (Å²) in [6.07, 6.45) is 0. The fourth-order valence-corrected chi connectivity index (χ4v) is 0.351. The van der Waals surface area contributed by atoms with Crippen LogP contribution in [0.15, 0.2) is 0 Å². The van der Waals surface area contributed by atoms with E-state index in [4.69, 9.17) is 28.9 Å². The summed E-state index contributed by atoms with van der Waals surface area (Å²) in [5, 5.41) is -1.15. The standard InChI is InChI=1S/C4H7Cl2NO/c1-2(5)3(6)4(7)8/h2-3H,1H3,(H2,7,8)/t2-,3-/m1/s1. The first kappa shape index (κ1) is 8.05. The number of rotatable bonds is 2. The minimum absolute atomic E-state index is 0.394. The molecule has 0 radical (unpaired) electrons. The summed E-state index contributed by atoms with van der Waals surface area (Å²) in [6.45, 7) is 1.62. The van der Waals surface area contributed by atoms with Crippen LogP contribution in [0.2, 0.25) is 0 Å². The minimum atomic E-state index is -0.753. The second-order valence-corrected chi connectivity index (χ2v) is 2.64.